The van der Waals surface area contributed by atoms with Crippen molar-refractivity contribution in [2.45, 2.75) is 25.8 Å². The van der Waals surface area contributed by atoms with Crippen LogP contribution in [0.3, 0.4) is 0 Å². The molecular formula is C20H23N3O. The Hall–Kier alpha value is -2.46. The fraction of sp³-hybridized carbons (Fsp3) is 0.300. The summed E-state index contributed by atoms with van der Waals surface area (Å²) in [6.07, 6.45) is 11.4. The molecule has 124 valence electrons. The number of anilines is 1. The molecule has 4 nitrogen and oxygen atoms in total. The summed E-state index contributed by atoms with van der Waals surface area (Å²) in [5.41, 5.74) is 2.60. The van der Waals surface area contributed by atoms with Gasteiger partial charge in [-0.2, -0.15) is 0 Å². The maximum atomic E-state index is 12.2. The van der Waals surface area contributed by atoms with E-state index in [-0.39, 0.29) is 5.91 Å². The largest absolute Gasteiger partial charge is 0.322 e. The molecule has 1 aromatic heterocycles. The van der Waals surface area contributed by atoms with Crippen molar-refractivity contribution in [3.8, 4) is 0 Å². The van der Waals surface area contributed by atoms with Crippen LogP contribution in [0.1, 0.15) is 35.2 Å². The standard InChI is InChI=1S/C20H23N3O/c24-20(18-9-11-21-12-10-18)23-19-8-4-7-17(13-19)15-22-14-16-5-2-1-3-6-16/h1-2,4,7-13,16,22H,3,5-6,14-15H2,(H,23,24). The lowest BCUT2D eigenvalue weighted by Crippen LogP contribution is -2.23. The van der Waals surface area contributed by atoms with Crippen LogP contribution in [0.4, 0.5) is 5.69 Å². The number of amides is 1. The van der Waals surface area contributed by atoms with E-state index in [1.165, 1.54) is 24.8 Å². The van der Waals surface area contributed by atoms with Crippen molar-refractivity contribution >= 4 is 11.6 Å². The third-order valence-corrected chi connectivity index (χ3v) is 4.27. The van der Waals surface area contributed by atoms with E-state index in [4.69, 9.17) is 0 Å². The second kappa shape index (κ2) is 8.41. The Morgan fingerprint density at radius 2 is 2.04 bits per heavy atom. The Morgan fingerprint density at radius 3 is 2.83 bits per heavy atom. The summed E-state index contributed by atoms with van der Waals surface area (Å²) in [6.45, 7) is 1.86. The van der Waals surface area contributed by atoms with E-state index in [2.05, 4.69) is 33.8 Å². The maximum absolute atomic E-state index is 12.2. The highest BCUT2D eigenvalue weighted by atomic mass is 16.1. The van der Waals surface area contributed by atoms with Crippen LogP contribution < -0.4 is 10.6 Å². The number of nitrogens with one attached hydrogen (secondary N) is 2. The van der Waals surface area contributed by atoms with E-state index in [1.807, 2.05) is 18.2 Å². The minimum atomic E-state index is -0.114. The zero-order valence-electron chi connectivity index (χ0n) is 13.7. The first-order valence-corrected chi connectivity index (χ1v) is 8.47. The van der Waals surface area contributed by atoms with Gasteiger partial charge >= 0.3 is 0 Å². The first-order valence-electron chi connectivity index (χ1n) is 8.47. The highest BCUT2D eigenvalue weighted by Gasteiger charge is 2.09. The van der Waals surface area contributed by atoms with Gasteiger partial charge in [0.25, 0.3) is 5.91 Å². The molecule has 0 saturated carbocycles. The molecule has 1 heterocycles. The molecule has 0 aliphatic heterocycles. The second-order valence-corrected chi connectivity index (χ2v) is 6.17. The van der Waals surface area contributed by atoms with Crippen molar-refractivity contribution in [2.75, 3.05) is 11.9 Å². The Balaban J connectivity index is 1.52. The third-order valence-electron chi connectivity index (χ3n) is 4.27. The lowest BCUT2D eigenvalue weighted by molar-refractivity contribution is 0.102. The van der Waals surface area contributed by atoms with E-state index >= 15 is 0 Å². The zero-order valence-corrected chi connectivity index (χ0v) is 13.7. The average Bonchev–Trinajstić information content (AvgIpc) is 2.64. The van der Waals surface area contributed by atoms with Crippen LogP contribution >= 0.6 is 0 Å². The van der Waals surface area contributed by atoms with Gasteiger partial charge in [0.15, 0.2) is 0 Å². The topological polar surface area (TPSA) is 54.0 Å². The minimum absolute atomic E-state index is 0.114. The number of rotatable bonds is 6. The normalized spacial score (nSPS) is 16.8. The molecule has 1 unspecified atom stereocenters. The Morgan fingerprint density at radius 1 is 1.17 bits per heavy atom. The molecule has 24 heavy (non-hydrogen) atoms. The smallest absolute Gasteiger partial charge is 0.255 e. The molecule has 4 heteroatoms. The van der Waals surface area contributed by atoms with E-state index in [0.717, 1.165) is 24.7 Å². The molecular weight excluding hydrogens is 298 g/mol. The molecule has 0 radical (unpaired) electrons. The van der Waals surface area contributed by atoms with Gasteiger partial charge in [0.1, 0.15) is 0 Å². The van der Waals surface area contributed by atoms with Gasteiger partial charge in [0, 0.05) is 30.2 Å². The summed E-state index contributed by atoms with van der Waals surface area (Å²) in [7, 11) is 0. The third kappa shape index (κ3) is 4.77. The van der Waals surface area contributed by atoms with Crippen LogP contribution in [0.5, 0.6) is 0 Å². The van der Waals surface area contributed by atoms with Crippen LogP contribution in [0.2, 0.25) is 0 Å². The summed E-state index contributed by atoms with van der Waals surface area (Å²) < 4.78 is 0. The first-order chi connectivity index (χ1) is 11.8. The van der Waals surface area contributed by atoms with E-state index in [9.17, 15) is 4.79 Å². The van der Waals surface area contributed by atoms with Gasteiger partial charge < -0.3 is 10.6 Å². The molecule has 1 aliphatic rings. The Labute approximate surface area is 143 Å². The van der Waals surface area contributed by atoms with Gasteiger partial charge in [0.2, 0.25) is 0 Å². The second-order valence-electron chi connectivity index (χ2n) is 6.17. The molecule has 0 saturated heterocycles. The monoisotopic (exact) mass is 321 g/mol. The maximum Gasteiger partial charge on any atom is 0.255 e. The van der Waals surface area contributed by atoms with Gasteiger partial charge in [0.05, 0.1) is 0 Å². The van der Waals surface area contributed by atoms with Crippen LogP contribution in [-0.4, -0.2) is 17.4 Å². The number of aromatic nitrogens is 1. The molecule has 1 aromatic carbocycles. The fourth-order valence-corrected chi connectivity index (χ4v) is 2.93. The number of pyridine rings is 1. The van der Waals surface area contributed by atoms with Crippen LogP contribution in [0.15, 0.2) is 60.9 Å². The molecule has 0 bridgehead atoms. The van der Waals surface area contributed by atoms with Gasteiger partial charge in [-0.05, 0) is 61.6 Å². The molecule has 0 fully saturated rings. The molecule has 0 spiro atoms. The van der Waals surface area contributed by atoms with Gasteiger partial charge in [-0.15, -0.1) is 0 Å². The molecule has 2 aromatic rings. The fourth-order valence-electron chi connectivity index (χ4n) is 2.93. The number of nitrogens with zero attached hydrogens (tertiary/aromatic N) is 1. The lowest BCUT2D eigenvalue weighted by atomic mass is 9.94. The summed E-state index contributed by atoms with van der Waals surface area (Å²) in [4.78, 5) is 16.1. The van der Waals surface area contributed by atoms with Crippen molar-refractivity contribution < 1.29 is 4.79 Å². The number of benzene rings is 1. The quantitative estimate of drug-likeness (QED) is 0.796. The molecule has 2 N–H and O–H groups in total. The van der Waals surface area contributed by atoms with Crippen molar-refractivity contribution in [3.05, 3.63) is 72.1 Å². The van der Waals surface area contributed by atoms with Crippen molar-refractivity contribution in [1.82, 2.24) is 10.3 Å². The van der Waals surface area contributed by atoms with E-state index in [0.29, 0.717) is 5.56 Å². The van der Waals surface area contributed by atoms with Crippen LogP contribution in [0.25, 0.3) is 0 Å². The first kappa shape index (κ1) is 16.4. The number of allylic oxidation sites excluding steroid dienone is 2. The van der Waals surface area contributed by atoms with Crippen LogP contribution in [-0.2, 0) is 6.54 Å². The molecule has 3 rings (SSSR count). The molecule has 1 aliphatic carbocycles. The Kier molecular flexibility index (Phi) is 5.75. The number of hydrogen-bond acceptors (Lipinski definition) is 3. The number of hydrogen-bond donors (Lipinski definition) is 2. The van der Waals surface area contributed by atoms with E-state index in [1.54, 1.807) is 24.5 Å². The Bertz CT molecular complexity index is 697. The van der Waals surface area contributed by atoms with Gasteiger partial charge in [-0.1, -0.05) is 24.3 Å². The van der Waals surface area contributed by atoms with Crippen molar-refractivity contribution in [1.29, 1.82) is 0 Å². The van der Waals surface area contributed by atoms with Gasteiger partial charge in [-0.3, -0.25) is 9.78 Å². The van der Waals surface area contributed by atoms with Crippen LogP contribution in [0, 0.1) is 5.92 Å². The summed E-state index contributed by atoms with van der Waals surface area (Å²) in [5, 5.41) is 6.46. The number of carbonyl (C=O) groups is 1. The summed E-state index contributed by atoms with van der Waals surface area (Å²) in [6, 6.07) is 11.4. The zero-order chi connectivity index (χ0) is 16.6. The highest BCUT2D eigenvalue weighted by molar-refractivity contribution is 6.04. The predicted octanol–water partition coefficient (Wildman–Crippen LogP) is 3.78. The van der Waals surface area contributed by atoms with E-state index < -0.39 is 0 Å². The lowest BCUT2D eigenvalue weighted by Gasteiger charge is -2.18. The van der Waals surface area contributed by atoms with Crippen molar-refractivity contribution in [3.63, 3.8) is 0 Å². The summed E-state index contributed by atoms with van der Waals surface area (Å²) >= 11 is 0. The average molecular weight is 321 g/mol. The van der Waals surface area contributed by atoms with Crippen molar-refractivity contribution in [2.24, 2.45) is 5.92 Å². The predicted molar refractivity (Wildman–Crippen MR) is 96.8 cm³/mol. The highest BCUT2D eigenvalue weighted by Crippen LogP contribution is 2.17. The SMILES string of the molecule is O=C(Nc1cccc(CNCC2CC=CCC2)c1)c1ccncc1. The summed E-state index contributed by atoms with van der Waals surface area (Å²) in [5.74, 6) is 0.626. The number of carbonyl (C=O) groups excluding carboxylic acids is 1. The minimum Gasteiger partial charge on any atom is -0.322 e. The molecule has 1 atom stereocenters. The molecule has 1 amide bonds. The van der Waals surface area contributed by atoms with Gasteiger partial charge in [-0.25, -0.2) is 0 Å².